The quantitative estimate of drug-likeness (QED) is 0.523. The fraction of sp³-hybridized carbons (Fsp3) is 0.579. The number of fused-ring (bicyclic) bond motifs is 1. The number of hydrogen-bond acceptors (Lipinski definition) is 6. The van der Waals surface area contributed by atoms with E-state index in [0.717, 1.165) is 23.3 Å². The zero-order valence-corrected chi connectivity index (χ0v) is 18.8. The van der Waals surface area contributed by atoms with Gasteiger partial charge in [-0.2, -0.15) is 0 Å². The summed E-state index contributed by atoms with van der Waals surface area (Å²) in [6.45, 7) is 11.9. The van der Waals surface area contributed by atoms with Crippen molar-refractivity contribution in [3.05, 3.63) is 20.8 Å². The highest BCUT2D eigenvalue weighted by molar-refractivity contribution is 8.00. The Hall–Kier alpha value is -1.87. The van der Waals surface area contributed by atoms with Crippen molar-refractivity contribution in [1.82, 2.24) is 20.2 Å². The number of nitrogens with one attached hydrogen (secondary N) is 2. The molecule has 0 aliphatic rings. The lowest BCUT2D eigenvalue weighted by Crippen LogP contribution is -2.45. The van der Waals surface area contributed by atoms with E-state index in [-0.39, 0.29) is 11.6 Å². The van der Waals surface area contributed by atoms with Crippen LogP contribution in [0.2, 0.25) is 0 Å². The van der Waals surface area contributed by atoms with Gasteiger partial charge in [-0.25, -0.2) is 9.78 Å². The SMILES string of the molecule is CCCCn1c(S[C@H](C)C(=O)NC(=O)NC(C)C)nc2sc(C)c(C)c2c1=O. The largest absolute Gasteiger partial charge is 0.336 e. The van der Waals surface area contributed by atoms with Crippen molar-refractivity contribution in [3.8, 4) is 0 Å². The molecule has 1 atom stereocenters. The van der Waals surface area contributed by atoms with E-state index in [1.807, 2.05) is 27.7 Å². The molecule has 0 radical (unpaired) electrons. The van der Waals surface area contributed by atoms with Gasteiger partial charge in [0.1, 0.15) is 4.83 Å². The summed E-state index contributed by atoms with van der Waals surface area (Å²) in [6.07, 6.45) is 1.79. The standard InChI is InChI=1S/C19H28N4O3S2/c1-7-8-9-23-17(25)14-11(4)12(5)27-16(14)22-19(23)28-13(6)15(24)21-18(26)20-10(2)3/h10,13H,7-9H2,1-6H3,(H2,20,21,24,26)/t13-/m1/s1. The third-order valence-corrected chi connectivity index (χ3v) is 6.49. The van der Waals surface area contributed by atoms with Gasteiger partial charge in [0, 0.05) is 17.5 Å². The molecule has 2 N–H and O–H groups in total. The Kier molecular flexibility index (Phi) is 7.65. The average molecular weight is 425 g/mol. The maximum atomic E-state index is 13.1. The number of carbonyl (C=O) groups excluding carboxylic acids is 2. The summed E-state index contributed by atoms with van der Waals surface area (Å²) in [5.74, 6) is -0.418. The van der Waals surface area contributed by atoms with Crippen LogP contribution in [0.1, 0.15) is 51.0 Å². The minimum Gasteiger partial charge on any atom is -0.336 e. The zero-order chi connectivity index (χ0) is 21.0. The van der Waals surface area contributed by atoms with Crippen molar-refractivity contribution in [2.24, 2.45) is 0 Å². The van der Waals surface area contributed by atoms with Crippen LogP contribution < -0.4 is 16.2 Å². The van der Waals surface area contributed by atoms with Crippen molar-refractivity contribution in [1.29, 1.82) is 0 Å². The van der Waals surface area contributed by atoms with Crippen LogP contribution in [-0.4, -0.2) is 32.8 Å². The fourth-order valence-electron chi connectivity index (χ4n) is 2.64. The van der Waals surface area contributed by atoms with Gasteiger partial charge in [0.25, 0.3) is 5.56 Å². The number of imide groups is 1. The van der Waals surface area contributed by atoms with Crippen molar-refractivity contribution < 1.29 is 9.59 Å². The van der Waals surface area contributed by atoms with Gasteiger partial charge in [-0.3, -0.25) is 19.5 Å². The number of thiophene rings is 1. The number of thioether (sulfide) groups is 1. The van der Waals surface area contributed by atoms with E-state index in [1.165, 1.54) is 23.1 Å². The molecule has 0 saturated heterocycles. The number of urea groups is 1. The van der Waals surface area contributed by atoms with Crippen LogP contribution in [0.25, 0.3) is 10.2 Å². The number of unbranched alkanes of at least 4 members (excludes halogenated alkanes) is 1. The maximum Gasteiger partial charge on any atom is 0.321 e. The molecule has 28 heavy (non-hydrogen) atoms. The van der Waals surface area contributed by atoms with Crippen LogP contribution in [0, 0.1) is 13.8 Å². The first kappa shape index (κ1) is 22.4. The summed E-state index contributed by atoms with van der Waals surface area (Å²) < 4.78 is 1.66. The van der Waals surface area contributed by atoms with Gasteiger partial charge in [-0.15, -0.1) is 11.3 Å². The van der Waals surface area contributed by atoms with Crippen LogP contribution in [0.5, 0.6) is 0 Å². The molecule has 2 heterocycles. The summed E-state index contributed by atoms with van der Waals surface area (Å²) in [6, 6.07) is -0.590. The molecule has 0 saturated carbocycles. The first-order valence-corrected chi connectivity index (χ1v) is 11.1. The summed E-state index contributed by atoms with van der Waals surface area (Å²) in [5, 5.41) is 5.57. The van der Waals surface area contributed by atoms with Gasteiger partial charge < -0.3 is 5.32 Å². The van der Waals surface area contributed by atoms with Gasteiger partial charge in [0.15, 0.2) is 5.16 Å². The van der Waals surface area contributed by atoms with Gasteiger partial charge in [0.05, 0.1) is 10.6 Å². The average Bonchev–Trinajstić information content (AvgIpc) is 2.87. The fourth-order valence-corrected chi connectivity index (χ4v) is 4.64. The lowest BCUT2D eigenvalue weighted by Gasteiger charge is -2.16. The first-order chi connectivity index (χ1) is 13.1. The zero-order valence-electron chi connectivity index (χ0n) is 17.2. The van der Waals surface area contributed by atoms with E-state index in [9.17, 15) is 14.4 Å². The monoisotopic (exact) mass is 424 g/mol. The second-order valence-electron chi connectivity index (χ2n) is 7.05. The molecule has 7 nitrogen and oxygen atoms in total. The topological polar surface area (TPSA) is 93.1 Å². The molecule has 154 valence electrons. The highest BCUT2D eigenvalue weighted by Crippen LogP contribution is 2.29. The number of rotatable bonds is 7. The number of aryl methyl sites for hydroxylation is 2. The van der Waals surface area contributed by atoms with E-state index in [4.69, 9.17) is 0 Å². The summed E-state index contributed by atoms with van der Waals surface area (Å²) in [4.78, 5) is 43.7. The summed E-state index contributed by atoms with van der Waals surface area (Å²) in [7, 11) is 0. The Labute approximate surface area is 173 Å². The molecule has 9 heteroatoms. The molecule has 0 bridgehead atoms. The Balaban J connectivity index is 2.32. The third-order valence-electron chi connectivity index (χ3n) is 4.30. The number of carbonyl (C=O) groups is 2. The molecule has 0 aliphatic heterocycles. The van der Waals surface area contributed by atoms with Crippen molar-refractivity contribution in [3.63, 3.8) is 0 Å². The van der Waals surface area contributed by atoms with Crippen LogP contribution in [0.4, 0.5) is 4.79 Å². The second-order valence-corrected chi connectivity index (χ2v) is 9.56. The highest BCUT2D eigenvalue weighted by atomic mass is 32.2. The summed E-state index contributed by atoms with van der Waals surface area (Å²) in [5.41, 5.74) is 0.906. The number of aromatic nitrogens is 2. The van der Waals surface area contributed by atoms with Gasteiger partial charge in [-0.1, -0.05) is 25.1 Å². The normalized spacial score (nSPS) is 12.4. The van der Waals surface area contributed by atoms with Gasteiger partial charge >= 0.3 is 6.03 Å². The van der Waals surface area contributed by atoms with Crippen LogP contribution in [-0.2, 0) is 11.3 Å². The minimum absolute atomic E-state index is 0.0621. The third kappa shape index (κ3) is 5.14. The molecule has 0 fully saturated rings. The number of nitrogens with zero attached hydrogens (tertiary/aromatic N) is 2. The predicted molar refractivity (Wildman–Crippen MR) is 115 cm³/mol. The molecule has 0 aliphatic carbocycles. The summed E-state index contributed by atoms with van der Waals surface area (Å²) >= 11 is 2.69. The molecule has 3 amide bonds. The van der Waals surface area contributed by atoms with Crippen LogP contribution in [0.3, 0.4) is 0 Å². The van der Waals surface area contributed by atoms with Gasteiger partial charge in [-0.05, 0) is 46.6 Å². The highest BCUT2D eigenvalue weighted by Gasteiger charge is 2.22. The van der Waals surface area contributed by atoms with Crippen LogP contribution >= 0.6 is 23.1 Å². The minimum atomic E-state index is -0.572. The molecular weight excluding hydrogens is 396 g/mol. The van der Waals surface area contributed by atoms with E-state index < -0.39 is 17.2 Å². The molecule has 2 aromatic rings. The Bertz CT molecular complexity index is 933. The smallest absolute Gasteiger partial charge is 0.321 e. The lowest BCUT2D eigenvalue weighted by molar-refractivity contribution is -0.119. The van der Waals surface area contributed by atoms with E-state index in [1.54, 1.807) is 11.5 Å². The number of amides is 3. The molecule has 0 unspecified atom stereocenters. The van der Waals surface area contributed by atoms with Gasteiger partial charge in [0.2, 0.25) is 5.91 Å². The Morgan fingerprint density at radius 2 is 1.93 bits per heavy atom. The van der Waals surface area contributed by atoms with Crippen molar-refractivity contribution >= 4 is 45.3 Å². The first-order valence-electron chi connectivity index (χ1n) is 9.44. The number of hydrogen-bond donors (Lipinski definition) is 2. The van der Waals surface area contributed by atoms with Crippen molar-refractivity contribution in [2.75, 3.05) is 0 Å². The molecule has 2 rings (SSSR count). The van der Waals surface area contributed by atoms with Crippen LogP contribution in [0.15, 0.2) is 9.95 Å². The Morgan fingerprint density at radius 3 is 2.54 bits per heavy atom. The molecule has 0 aromatic carbocycles. The van der Waals surface area contributed by atoms with E-state index in [0.29, 0.717) is 21.9 Å². The predicted octanol–water partition coefficient (Wildman–Crippen LogP) is 3.59. The maximum absolute atomic E-state index is 13.1. The van der Waals surface area contributed by atoms with E-state index >= 15 is 0 Å². The second kappa shape index (κ2) is 9.56. The molecule has 0 spiro atoms. The lowest BCUT2D eigenvalue weighted by atomic mass is 10.2. The van der Waals surface area contributed by atoms with Crippen molar-refractivity contribution in [2.45, 2.75) is 77.4 Å². The Morgan fingerprint density at radius 1 is 1.25 bits per heavy atom. The molecule has 2 aromatic heterocycles. The molecular formula is C19H28N4O3S2. The van der Waals surface area contributed by atoms with E-state index in [2.05, 4.69) is 22.5 Å².